The van der Waals surface area contributed by atoms with Gasteiger partial charge >= 0.3 is 60.8 Å². The van der Waals surface area contributed by atoms with Gasteiger partial charge in [0.25, 0.3) is 0 Å². The summed E-state index contributed by atoms with van der Waals surface area (Å²) in [5.74, 6) is -2.38. The van der Waals surface area contributed by atoms with Crippen molar-refractivity contribution in [2.45, 2.75) is 245 Å². The number of unbranched alkanes of at least 4 members (excludes halogenated alkanes) is 16. The predicted molar refractivity (Wildman–Crippen MR) is 258 cm³/mol. The van der Waals surface area contributed by atoms with Gasteiger partial charge in [-0.1, -0.05) is 177 Å². The molecule has 0 aliphatic carbocycles. The van der Waals surface area contributed by atoms with Crippen LogP contribution in [0.4, 0.5) is 0 Å². The summed E-state index contributed by atoms with van der Waals surface area (Å²) in [6.45, 7) is 8.49. The van der Waals surface area contributed by atoms with Crippen LogP contribution >= 0.6 is 0 Å². The fourth-order valence-electron chi connectivity index (χ4n) is 7.92. The molecule has 0 aliphatic heterocycles. The Morgan fingerprint density at radius 1 is 0.431 bits per heavy atom. The topological polar surface area (TPSA) is 151 Å². The first-order valence-electron chi connectivity index (χ1n) is 25.1. The molecule has 10 nitrogen and oxygen atoms in total. The number of esters is 2. The Hall–Kier alpha value is -2.19. The monoisotopic (exact) mass is 1030 g/mol. The van der Waals surface area contributed by atoms with Crippen LogP contribution in [-0.2, 0) is 51.3 Å². The molecule has 0 N–H and O–H groups in total. The summed E-state index contributed by atoms with van der Waals surface area (Å²) in [6.07, 6.45) is 26.5. The number of carbonyl (C=O) groups is 4. The van der Waals surface area contributed by atoms with E-state index in [-0.39, 0.29) is 98.1 Å². The van der Waals surface area contributed by atoms with Crippen LogP contribution in [0.1, 0.15) is 219 Å². The average Bonchev–Trinajstić information content (AvgIpc) is 3.26. The number of carbonyl (C=O) groups excluding carboxylic acids is 4. The molecule has 11 heteroatoms. The van der Waals surface area contributed by atoms with Crippen molar-refractivity contribution in [1.82, 2.24) is 0 Å². The molecule has 2 aromatic carbocycles. The number of hydrogen-bond donors (Lipinski definition) is 0. The number of aliphatic carboxylic acids is 2. The van der Waals surface area contributed by atoms with Crippen molar-refractivity contribution in [2.24, 2.45) is 0 Å². The first-order valence-corrected chi connectivity index (χ1v) is 25.1. The third-order valence-corrected chi connectivity index (χ3v) is 11.4. The molecule has 0 heterocycles. The Kier molecular flexibility index (Phi) is 42.8. The van der Waals surface area contributed by atoms with Gasteiger partial charge in [-0.15, -0.1) is 0 Å². The van der Waals surface area contributed by atoms with Gasteiger partial charge in [0.1, 0.15) is 12.2 Å². The normalized spacial score (nSPS) is 12.7. The van der Waals surface area contributed by atoms with Crippen molar-refractivity contribution in [3.8, 4) is 0 Å². The van der Waals surface area contributed by atoms with Crippen LogP contribution < -0.4 is 10.2 Å². The molecule has 0 saturated heterocycles. The van der Waals surface area contributed by atoms with Gasteiger partial charge in [-0.05, 0) is 75.3 Å². The van der Waals surface area contributed by atoms with Crippen molar-refractivity contribution in [3.05, 3.63) is 71.8 Å². The molecular formula is C54H86BaO10. The van der Waals surface area contributed by atoms with Gasteiger partial charge in [0, 0.05) is 38.6 Å². The Labute approximate surface area is 434 Å². The van der Waals surface area contributed by atoms with Crippen LogP contribution in [0.15, 0.2) is 60.7 Å². The third-order valence-electron chi connectivity index (χ3n) is 11.4. The number of benzene rings is 2. The molecule has 2 aromatic rings. The predicted octanol–water partition coefficient (Wildman–Crippen LogP) is 11.1. The minimum absolute atomic E-state index is 0. The Balaban J connectivity index is 0.00000124. The smallest absolute Gasteiger partial charge is 0.550 e. The van der Waals surface area contributed by atoms with Crippen LogP contribution in [-0.4, -0.2) is 97.2 Å². The average molecular weight is 1030 g/mol. The van der Waals surface area contributed by atoms with Gasteiger partial charge in [-0.3, -0.25) is 9.59 Å². The number of carboxylic acids is 2. The maximum atomic E-state index is 11.6. The van der Waals surface area contributed by atoms with Gasteiger partial charge in [0.2, 0.25) is 0 Å². The van der Waals surface area contributed by atoms with Crippen molar-refractivity contribution in [1.29, 1.82) is 0 Å². The number of hydrogen-bond acceptors (Lipinski definition) is 10. The van der Waals surface area contributed by atoms with Crippen molar-refractivity contribution in [3.63, 3.8) is 0 Å². The fraction of sp³-hybridized carbons (Fsp3) is 0.704. The zero-order valence-corrected chi connectivity index (χ0v) is 45.5. The third kappa shape index (κ3) is 40.6. The molecule has 0 amide bonds. The molecule has 0 aromatic heterocycles. The van der Waals surface area contributed by atoms with E-state index >= 15 is 0 Å². The first kappa shape index (κ1) is 62.8. The van der Waals surface area contributed by atoms with Gasteiger partial charge in [0.05, 0.1) is 25.4 Å². The van der Waals surface area contributed by atoms with Crippen LogP contribution in [0, 0.1) is 0 Å². The molecule has 0 aliphatic rings. The van der Waals surface area contributed by atoms with Crippen molar-refractivity contribution in [2.75, 3.05) is 0 Å². The molecule has 0 saturated carbocycles. The maximum absolute atomic E-state index is 11.6. The number of ether oxygens (including phenoxy) is 4. The van der Waals surface area contributed by atoms with E-state index in [9.17, 15) is 29.4 Å². The Morgan fingerprint density at radius 2 is 0.723 bits per heavy atom. The zero-order valence-electron chi connectivity index (χ0n) is 41.1. The van der Waals surface area contributed by atoms with Gasteiger partial charge < -0.3 is 38.7 Å². The van der Waals surface area contributed by atoms with Crippen LogP contribution in [0.5, 0.6) is 0 Å². The second-order valence-corrected chi connectivity index (χ2v) is 17.5. The zero-order chi connectivity index (χ0) is 46.9. The fourth-order valence-corrected chi connectivity index (χ4v) is 7.92. The molecule has 4 atom stereocenters. The van der Waals surface area contributed by atoms with E-state index in [4.69, 9.17) is 18.9 Å². The molecule has 0 bridgehead atoms. The van der Waals surface area contributed by atoms with Gasteiger partial charge in [-0.25, -0.2) is 0 Å². The Morgan fingerprint density at radius 3 is 1.03 bits per heavy atom. The summed E-state index contributed by atoms with van der Waals surface area (Å²) in [6, 6.07) is 20.3. The van der Waals surface area contributed by atoms with Crippen LogP contribution in [0.3, 0.4) is 0 Å². The first-order chi connectivity index (χ1) is 31.0. The summed E-state index contributed by atoms with van der Waals surface area (Å²) in [5, 5.41) is 21.0. The second-order valence-electron chi connectivity index (χ2n) is 17.5. The molecule has 0 radical (unpaired) electrons. The summed E-state index contributed by atoms with van der Waals surface area (Å²) in [5.41, 5.74) is 2.28. The molecule has 2 rings (SSSR count). The summed E-state index contributed by atoms with van der Waals surface area (Å²) >= 11 is 0. The molecule has 364 valence electrons. The van der Waals surface area contributed by atoms with E-state index in [2.05, 4.69) is 38.1 Å². The summed E-state index contributed by atoms with van der Waals surface area (Å²) in [7, 11) is 0. The SMILES string of the molecule is CCCCCCCC(CC(CCCCCCCC(=O)[O-])OCc1ccccc1)OC(C)=O.CCCCCCCC(CC(CCCCCCCC(=O)[O-])OCc1ccccc1)OC(C)=O.[Ba+2]. The quantitative estimate of drug-likeness (QED) is 0.0358. The number of rotatable bonds is 40. The van der Waals surface area contributed by atoms with Crippen molar-refractivity contribution >= 4 is 72.8 Å². The maximum Gasteiger partial charge on any atom is 2.00 e. The summed E-state index contributed by atoms with van der Waals surface area (Å²) < 4.78 is 23.8. The second kappa shape index (κ2) is 44.3. The van der Waals surface area contributed by atoms with Gasteiger partial charge in [0.15, 0.2) is 0 Å². The summed E-state index contributed by atoms with van der Waals surface area (Å²) in [4.78, 5) is 44.3. The largest absolute Gasteiger partial charge is 2.00 e. The number of carboxylic acid groups (broad SMARTS) is 2. The standard InChI is InChI=1S/2C27H44O5.Ba/c2*1-3-4-5-7-14-19-26(32-23(2)28)21-25(31-22-24-16-11-10-12-17-24)18-13-8-6-9-15-20-27(29)30;/h2*10-12,16-17,25-26H,3-9,13-15,18-22H2,1-2H3,(H,29,30);/q;;+2/p-2. The molecule has 4 unspecified atom stereocenters. The van der Waals surface area contributed by atoms with Crippen molar-refractivity contribution < 1.29 is 48.3 Å². The van der Waals surface area contributed by atoms with Gasteiger partial charge in [-0.2, -0.15) is 0 Å². The van der Waals surface area contributed by atoms with Crippen LogP contribution in [0.2, 0.25) is 0 Å². The molecule has 0 fully saturated rings. The van der Waals surface area contributed by atoms with E-state index in [1.165, 1.54) is 65.2 Å². The Bertz CT molecular complexity index is 1320. The minimum Gasteiger partial charge on any atom is -0.550 e. The van der Waals surface area contributed by atoms with E-state index in [1.54, 1.807) is 0 Å². The van der Waals surface area contributed by atoms with E-state index in [1.807, 2.05) is 36.4 Å². The van der Waals surface area contributed by atoms with Crippen LogP contribution in [0.25, 0.3) is 0 Å². The van der Waals surface area contributed by atoms with E-state index in [0.29, 0.717) is 26.1 Å². The van der Waals surface area contributed by atoms with E-state index < -0.39 is 11.9 Å². The minimum atomic E-state index is -0.967. The molecular weight excluding hydrogens is 946 g/mol. The molecule has 0 spiro atoms. The van der Waals surface area contributed by atoms with E-state index in [0.717, 1.165) is 114 Å². The molecule has 65 heavy (non-hydrogen) atoms.